The second kappa shape index (κ2) is 5.76. The normalized spacial score (nSPS) is 10.8. The van der Waals surface area contributed by atoms with Gasteiger partial charge in [-0.2, -0.15) is 5.26 Å². The van der Waals surface area contributed by atoms with Crippen LogP contribution in [0.1, 0.15) is 25.0 Å². The summed E-state index contributed by atoms with van der Waals surface area (Å²) in [6.45, 7) is 3.55. The van der Waals surface area contributed by atoms with Gasteiger partial charge >= 0.3 is 0 Å². The van der Waals surface area contributed by atoms with Gasteiger partial charge in [-0.15, -0.1) is 0 Å². The van der Waals surface area contributed by atoms with Crippen LogP contribution in [0.5, 0.6) is 0 Å². The lowest BCUT2D eigenvalue weighted by molar-refractivity contribution is -0.120. The molecule has 0 saturated heterocycles. The Bertz CT molecular complexity index is 682. The quantitative estimate of drug-likeness (QED) is 0.934. The second-order valence-electron chi connectivity index (χ2n) is 5.28. The van der Waals surface area contributed by atoms with Crippen molar-refractivity contribution in [1.29, 1.82) is 5.26 Å². The van der Waals surface area contributed by atoms with E-state index in [-0.39, 0.29) is 11.7 Å². The molecule has 0 heterocycles. The lowest BCUT2D eigenvalue weighted by Crippen LogP contribution is -2.34. The van der Waals surface area contributed by atoms with Crippen molar-refractivity contribution in [2.75, 3.05) is 5.32 Å². The van der Waals surface area contributed by atoms with Crippen molar-refractivity contribution in [3.8, 4) is 6.07 Å². The van der Waals surface area contributed by atoms with E-state index in [1.54, 1.807) is 50.2 Å². The summed E-state index contributed by atoms with van der Waals surface area (Å²) >= 11 is 0. The largest absolute Gasteiger partial charge is 0.325 e. The number of benzene rings is 2. The number of nitrogens with one attached hydrogen (secondary N) is 1. The van der Waals surface area contributed by atoms with E-state index in [1.807, 2.05) is 6.07 Å². The smallest absolute Gasteiger partial charge is 0.234 e. The molecule has 2 aromatic rings. The summed E-state index contributed by atoms with van der Waals surface area (Å²) < 4.78 is 13.0. The van der Waals surface area contributed by atoms with E-state index < -0.39 is 5.41 Å². The van der Waals surface area contributed by atoms with Crippen LogP contribution in [0.3, 0.4) is 0 Å². The van der Waals surface area contributed by atoms with Crippen LogP contribution in [-0.2, 0) is 10.2 Å². The van der Waals surface area contributed by atoms with Crippen molar-refractivity contribution >= 4 is 11.6 Å². The number of nitrogens with zero attached hydrogens (tertiary/aromatic N) is 1. The highest BCUT2D eigenvalue weighted by atomic mass is 19.1. The molecule has 0 saturated carbocycles. The lowest BCUT2D eigenvalue weighted by Gasteiger charge is -2.24. The average molecular weight is 282 g/mol. The van der Waals surface area contributed by atoms with E-state index in [2.05, 4.69) is 5.32 Å². The molecule has 2 rings (SSSR count). The standard InChI is InChI=1S/C17H15FN2O/c1-17(2,13-5-7-14(18)8-6-13)16(21)20-15-9-3-12(11-19)4-10-15/h3-10H,1-2H3,(H,20,21). The Morgan fingerprint density at radius 3 is 2.19 bits per heavy atom. The van der Waals surface area contributed by atoms with Gasteiger partial charge in [-0.1, -0.05) is 12.1 Å². The molecule has 0 atom stereocenters. The maximum atomic E-state index is 13.0. The minimum absolute atomic E-state index is 0.196. The fourth-order valence-electron chi connectivity index (χ4n) is 1.91. The monoisotopic (exact) mass is 282 g/mol. The third-order valence-electron chi connectivity index (χ3n) is 3.41. The summed E-state index contributed by atoms with van der Waals surface area (Å²) in [5, 5.41) is 11.5. The fraction of sp³-hybridized carbons (Fsp3) is 0.176. The van der Waals surface area contributed by atoms with Crippen molar-refractivity contribution in [2.24, 2.45) is 0 Å². The maximum absolute atomic E-state index is 13.0. The summed E-state index contributed by atoms with van der Waals surface area (Å²) in [7, 11) is 0. The van der Waals surface area contributed by atoms with Gasteiger partial charge in [0, 0.05) is 5.69 Å². The van der Waals surface area contributed by atoms with Gasteiger partial charge in [0.1, 0.15) is 5.82 Å². The summed E-state index contributed by atoms with van der Waals surface area (Å²) in [6, 6.07) is 14.5. The average Bonchev–Trinajstić information content (AvgIpc) is 2.48. The van der Waals surface area contributed by atoms with Crippen LogP contribution in [0.15, 0.2) is 48.5 Å². The Balaban J connectivity index is 2.17. The third-order valence-corrected chi connectivity index (χ3v) is 3.41. The van der Waals surface area contributed by atoms with Crippen molar-refractivity contribution < 1.29 is 9.18 Å². The van der Waals surface area contributed by atoms with Crippen molar-refractivity contribution in [1.82, 2.24) is 0 Å². The minimum atomic E-state index is -0.790. The first-order valence-electron chi connectivity index (χ1n) is 6.51. The third kappa shape index (κ3) is 3.26. The molecule has 0 radical (unpaired) electrons. The molecular formula is C17H15FN2O. The zero-order chi connectivity index (χ0) is 15.5. The molecule has 1 amide bonds. The predicted octanol–water partition coefficient (Wildman–Crippen LogP) is 3.61. The first-order chi connectivity index (χ1) is 9.93. The van der Waals surface area contributed by atoms with E-state index in [4.69, 9.17) is 5.26 Å². The van der Waals surface area contributed by atoms with Gasteiger partial charge < -0.3 is 5.32 Å². The number of anilines is 1. The molecular weight excluding hydrogens is 267 g/mol. The molecule has 0 aliphatic heterocycles. The van der Waals surface area contributed by atoms with Crippen LogP contribution < -0.4 is 5.32 Å². The van der Waals surface area contributed by atoms with Crippen LogP contribution >= 0.6 is 0 Å². The van der Waals surface area contributed by atoms with Crippen LogP contribution in [0, 0.1) is 17.1 Å². The van der Waals surface area contributed by atoms with Crippen LogP contribution in [0.25, 0.3) is 0 Å². The highest BCUT2D eigenvalue weighted by molar-refractivity contribution is 5.98. The molecule has 2 aromatic carbocycles. The highest BCUT2D eigenvalue weighted by Crippen LogP contribution is 2.25. The Hall–Kier alpha value is -2.67. The molecule has 0 unspecified atom stereocenters. The van der Waals surface area contributed by atoms with Gasteiger partial charge in [-0.25, -0.2) is 4.39 Å². The molecule has 0 aliphatic rings. The molecule has 1 N–H and O–H groups in total. The van der Waals surface area contributed by atoms with E-state index in [0.717, 1.165) is 5.56 Å². The number of hydrogen-bond donors (Lipinski definition) is 1. The zero-order valence-corrected chi connectivity index (χ0v) is 11.9. The summed E-state index contributed by atoms with van der Waals surface area (Å²) in [6.07, 6.45) is 0. The second-order valence-corrected chi connectivity index (χ2v) is 5.28. The highest BCUT2D eigenvalue weighted by Gasteiger charge is 2.29. The van der Waals surface area contributed by atoms with E-state index >= 15 is 0 Å². The maximum Gasteiger partial charge on any atom is 0.234 e. The minimum Gasteiger partial charge on any atom is -0.325 e. The molecule has 0 bridgehead atoms. The van der Waals surface area contributed by atoms with E-state index in [1.165, 1.54) is 12.1 Å². The molecule has 0 fully saturated rings. The van der Waals surface area contributed by atoms with Crippen LogP contribution in [-0.4, -0.2) is 5.91 Å². The van der Waals surface area contributed by atoms with Crippen molar-refractivity contribution in [2.45, 2.75) is 19.3 Å². The number of hydrogen-bond acceptors (Lipinski definition) is 2. The number of amides is 1. The summed E-state index contributed by atoms with van der Waals surface area (Å²) in [4.78, 5) is 12.4. The van der Waals surface area contributed by atoms with Gasteiger partial charge in [-0.3, -0.25) is 4.79 Å². The number of carbonyl (C=O) groups excluding carboxylic acids is 1. The number of rotatable bonds is 3. The number of halogens is 1. The fourth-order valence-corrected chi connectivity index (χ4v) is 1.91. The first-order valence-corrected chi connectivity index (χ1v) is 6.51. The van der Waals surface area contributed by atoms with Crippen molar-refractivity contribution in [3.05, 3.63) is 65.5 Å². The molecule has 106 valence electrons. The number of carbonyl (C=O) groups is 1. The lowest BCUT2D eigenvalue weighted by atomic mass is 9.83. The van der Waals surface area contributed by atoms with Crippen LogP contribution in [0.4, 0.5) is 10.1 Å². The topological polar surface area (TPSA) is 52.9 Å². The van der Waals surface area contributed by atoms with E-state index in [9.17, 15) is 9.18 Å². The van der Waals surface area contributed by atoms with Crippen molar-refractivity contribution in [3.63, 3.8) is 0 Å². The Kier molecular flexibility index (Phi) is 4.04. The van der Waals surface area contributed by atoms with Gasteiger partial charge in [-0.05, 0) is 55.8 Å². The molecule has 0 aromatic heterocycles. The number of nitriles is 1. The Morgan fingerprint density at radius 2 is 1.67 bits per heavy atom. The summed E-state index contributed by atoms with van der Waals surface area (Å²) in [5.41, 5.74) is 1.09. The van der Waals surface area contributed by atoms with Gasteiger partial charge in [0.25, 0.3) is 0 Å². The molecule has 21 heavy (non-hydrogen) atoms. The van der Waals surface area contributed by atoms with Gasteiger partial charge in [0.15, 0.2) is 0 Å². The van der Waals surface area contributed by atoms with Gasteiger partial charge in [0.05, 0.1) is 17.0 Å². The predicted molar refractivity (Wildman–Crippen MR) is 79.2 cm³/mol. The Labute approximate surface area is 123 Å². The SMILES string of the molecule is CC(C)(C(=O)Nc1ccc(C#N)cc1)c1ccc(F)cc1. The summed E-state index contributed by atoms with van der Waals surface area (Å²) in [5.74, 6) is -0.527. The molecule has 0 spiro atoms. The van der Waals surface area contributed by atoms with E-state index in [0.29, 0.717) is 11.3 Å². The Morgan fingerprint density at radius 1 is 1.10 bits per heavy atom. The molecule has 3 nitrogen and oxygen atoms in total. The molecule has 0 aliphatic carbocycles. The molecule has 4 heteroatoms. The first kappa shape index (κ1) is 14.7. The van der Waals surface area contributed by atoms with Gasteiger partial charge in [0.2, 0.25) is 5.91 Å². The van der Waals surface area contributed by atoms with Crippen LogP contribution in [0.2, 0.25) is 0 Å². The zero-order valence-electron chi connectivity index (χ0n) is 11.9.